The third-order valence-corrected chi connectivity index (χ3v) is 4.71. The average molecular weight is 278 g/mol. The minimum absolute atomic E-state index is 0.130. The van der Waals surface area contributed by atoms with Gasteiger partial charge < -0.3 is 5.73 Å². The molecule has 2 atom stereocenters. The van der Waals surface area contributed by atoms with E-state index in [1.165, 1.54) is 18.4 Å². The summed E-state index contributed by atoms with van der Waals surface area (Å²) >= 11 is 0. The van der Waals surface area contributed by atoms with Crippen LogP contribution < -0.4 is 5.73 Å². The molecule has 1 aromatic heterocycles. The topological polar surface area (TPSA) is 47.1 Å². The van der Waals surface area contributed by atoms with Gasteiger partial charge >= 0.3 is 0 Å². The van der Waals surface area contributed by atoms with Gasteiger partial charge in [0.2, 0.25) is 0 Å². The zero-order valence-corrected chi connectivity index (χ0v) is 13.6. The molecule has 0 aliphatic carbocycles. The van der Waals surface area contributed by atoms with Crippen molar-refractivity contribution in [1.82, 2.24) is 14.7 Å². The number of rotatable bonds is 3. The first-order valence-corrected chi connectivity index (χ1v) is 7.77. The Morgan fingerprint density at radius 2 is 1.90 bits per heavy atom. The van der Waals surface area contributed by atoms with Gasteiger partial charge in [0.25, 0.3) is 0 Å². The Hall–Kier alpha value is -0.870. The molecule has 2 heterocycles. The summed E-state index contributed by atoms with van der Waals surface area (Å²) in [6, 6.07) is 0.426. The number of likely N-dealkylation sites (tertiary alicyclic amines) is 1. The number of hydrogen-bond acceptors (Lipinski definition) is 3. The third-order valence-electron chi connectivity index (χ3n) is 4.71. The molecule has 0 saturated carbocycles. The standard InChI is InChI=1S/C16H30N4/c1-12(17)15(13-10-18-19(5)11-13)20-8-6-14(7-9-20)16(2,3)4/h10-12,14-15H,6-9,17H2,1-5H3. The van der Waals surface area contributed by atoms with E-state index in [9.17, 15) is 0 Å². The Balaban J connectivity index is 2.06. The molecule has 1 fully saturated rings. The van der Waals surface area contributed by atoms with E-state index in [1.54, 1.807) is 0 Å². The van der Waals surface area contributed by atoms with Crippen LogP contribution in [-0.4, -0.2) is 33.8 Å². The molecule has 1 aliphatic rings. The molecule has 0 aromatic carbocycles. The fourth-order valence-corrected chi connectivity index (χ4v) is 3.48. The van der Waals surface area contributed by atoms with E-state index in [-0.39, 0.29) is 6.04 Å². The van der Waals surface area contributed by atoms with Crippen LogP contribution in [0.5, 0.6) is 0 Å². The lowest BCUT2D eigenvalue weighted by molar-refractivity contribution is 0.0748. The minimum Gasteiger partial charge on any atom is -0.326 e. The van der Waals surface area contributed by atoms with Gasteiger partial charge in [-0.05, 0) is 44.2 Å². The number of aryl methyl sites for hydroxylation is 1. The SMILES string of the molecule is CC(N)C(c1cnn(C)c1)N1CCC(C(C)(C)C)CC1. The normalized spacial score (nSPS) is 21.9. The van der Waals surface area contributed by atoms with Crippen molar-refractivity contribution in [2.45, 2.75) is 52.6 Å². The van der Waals surface area contributed by atoms with Crippen molar-refractivity contribution in [2.24, 2.45) is 24.1 Å². The first kappa shape index (κ1) is 15.5. The largest absolute Gasteiger partial charge is 0.326 e. The quantitative estimate of drug-likeness (QED) is 0.924. The molecular weight excluding hydrogens is 248 g/mol. The fourth-order valence-electron chi connectivity index (χ4n) is 3.48. The van der Waals surface area contributed by atoms with Gasteiger partial charge in [0.05, 0.1) is 12.2 Å². The molecule has 20 heavy (non-hydrogen) atoms. The molecule has 2 unspecified atom stereocenters. The molecular formula is C16H30N4. The lowest BCUT2D eigenvalue weighted by Gasteiger charge is -2.42. The molecule has 2 rings (SSSR count). The highest BCUT2D eigenvalue weighted by Crippen LogP contribution is 2.37. The van der Waals surface area contributed by atoms with Crippen LogP contribution in [0.3, 0.4) is 0 Å². The van der Waals surface area contributed by atoms with Gasteiger partial charge in [-0.1, -0.05) is 20.8 Å². The fraction of sp³-hybridized carbons (Fsp3) is 0.812. The molecule has 0 spiro atoms. The lowest BCUT2D eigenvalue weighted by Crippen LogP contribution is -2.45. The highest BCUT2D eigenvalue weighted by Gasteiger charge is 2.33. The van der Waals surface area contributed by atoms with Gasteiger partial charge in [0, 0.05) is 24.8 Å². The van der Waals surface area contributed by atoms with E-state index < -0.39 is 0 Å². The maximum Gasteiger partial charge on any atom is 0.0538 e. The van der Waals surface area contributed by atoms with Gasteiger partial charge in [0.15, 0.2) is 0 Å². The summed E-state index contributed by atoms with van der Waals surface area (Å²) in [5.74, 6) is 0.821. The molecule has 114 valence electrons. The Bertz CT molecular complexity index is 422. The number of hydrogen-bond donors (Lipinski definition) is 1. The van der Waals surface area contributed by atoms with Crippen LogP contribution in [-0.2, 0) is 7.05 Å². The molecule has 4 heteroatoms. The second-order valence-corrected chi connectivity index (χ2v) is 7.43. The molecule has 1 aliphatic heterocycles. The molecule has 4 nitrogen and oxygen atoms in total. The zero-order valence-electron chi connectivity index (χ0n) is 13.6. The molecule has 1 saturated heterocycles. The van der Waals surface area contributed by atoms with Gasteiger partial charge in [0.1, 0.15) is 0 Å². The van der Waals surface area contributed by atoms with E-state index in [4.69, 9.17) is 5.73 Å². The summed E-state index contributed by atoms with van der Waals surface area (Å²) in [5.41, 5.74) is 7.92. The van der Waals surface area contributed by atoms with Crippen LogP contribution >= 0.6 is 0 Å². The van der Waals surface area contributed by atoms with E-state index >= 15 is 0 Å². The van der Waals surface area contributed by atoms with Crippen LogP contribution in [0.15, 0.2) is 12.4 Å². The van der Waals surface area contributed by atoms with Crippen LogP contribution in [0.4, 0.5) is 0 Å². The van der Waals surface area contributed by atoms with Gasteiger partial charge in [-0.15, -0.1) is 0 Å². The van der Waals surface area contributed by atoms with Crippen molar-refractivity contribution in [1.29, 1.82) is 0 Å². The van der Waals surface area contributed by atoms with Crippen LogP contribution in [0.25, 0.3) is 0 Å². The second-order valence-electron chi connectivity index (χ2n) is 7.43. The lowest BCUT2D eigenvalue weighted by atomic mass is 9.75. The molecule has 0 bridgehead atoms. The summed E-state index contributed by atoms with van der Waals surface area (Å²) in [6.45, 7) is 11.5. The van der Waals surface area contributed by atoms with E-state index in [1.807, 2.05) is 17.9 Å². The first-order valence-electron chi connectivity index (χ1n) is 7.77. The first-order chi connectivity index (χ1) is 9.29. The predicted octanol–water partition coefficient (Wildman–Crippen LogP) is 2.57. The van der Waals surface area contributed by atoms with Crippen molar-refractivity contribution in [2.75, 3.05) is 13.1 Å². The summed E-state index contributed by atoms with van der Waals surface area (Å²) in [4.78, 5) is 2.55. The number of piperidine rings is 1. The average Bonchev–Trinajstić information content (AvgIpc) is 2.75. The summed E-state index contributed by atoms with van der Waals surface area (Å²) in [6.07, 6.45) is 6.60. The van der Waals surface area contributed by atoms with Crippen molar-refractivity contribution in [3.05, 3.63) is 18.0 Å². The van der Waals surface area contributed by atoms with Crippen LogP contribution in [0.2, 0.25) is 0 Å². The van der Waals surface area contributed by atoms with Crippen molar-refractivity contribution >= 4 is 0 Å². The van der Waals surface area contributed by atoms with Gasteiger partial charge in [-0.2, -0.15) is 5.10 Å². The van der Waals surface area contributed by atoms with E-state index in [0.717, 1.165) is 19.0 Å². The molecule has 2 N–H and O–H groups in total. The highest BCUT2D eigenvalue weighted by molar-refractivity contribution is 5.13. The number of nitrogens with two attached hydrogens (primary N) is 1. The van der Waals surface area contributed by atoms with Crippen molar-refractivity contribution in [3.63, 3.8) is 0 Å². The van der Waals surface area contributed by atoms with E-state index in [2.05, 4.69) is 43.9 Å². The van der Waals surface area contributed by atoms with Gasteiger partial charge in [-0.25, -0.2) is 0 Å². The zero-order chi connectivity index (χ0) is 14.9. The predicted molar refractivity (Wildman–Crippen MR) is 83.4 cm³/mol. The summed E-state index contributed by atoms with van der Waals surface area (Å²) < 4.78 is 1.87. The summed E-state index contributed by atoms with van der Waals surface area (Å²) in [5, 5.41) is 4.30. The monoisotopic (exact) mass is 278 g/mol. The second kappa shape index (κ2) is 5.86. The number of nitrogens with zero attached hydrogens (tertiary/aromatic N) is 3. The molecule has 0 amide bonds. The smallest absolute Gasteiger partial charge is 0.0538 e. The maximum absolute atomic E-state index is 6.25. The summed E-state index contributed by atoms with van der Waals surface area (Å²) in [7, 11) is 1.97. The van der Waals surface area contributed by atoms with Crippen LogP contribution in [0, 0.1) is 11.3 Å². The van der Waals surface area contributed by atoms with Crippen molar-refractivity contribution < 1.29 is 0 Å². The Kier molecular flexibility index (Phi) is 4.55. The van der Waals surface area contributed by atoms with Crippen molar-refractivity contribution in [3.8, 4) is 0 Å². The minimum atomic E-state index is 0.130. The van der Waals surface area contributed by atoms with Crippen LogP contribution in [0.1, 0.15) is 52.1 Å². The van der Waals surface area contributed by atoms with Gasteiger partial charge in [-0.3, -0.25) is 9.58 Å². The number of aromatic nitrogens is 2. The maximum atomic E-state index is 6.25. The Morgan fingerprint density at radius 3 is 2.30 bits per heavy atom. The Morgan fingerprint density at radius 1 is 1.30 bits per heavy atom. The highest BCUT2D eigenvalue weighted by atomic mass is 15.3. The van der Waals surface area contributed by atoms with E-state index in [0.29, 0.717) is 11.5 Å². The third kappa shape index (κ3) is 3.41. The Labute approximate surface area is 123 Å². The molecule has 1 aromatic rings. The molecule has 0 radical (unpaired) electrons.